The van der Waals surface area contributed by atoms with Crippen molar-refractivity contribution >= 4 is 39.4 Å². The van der Waals surface area contributed by atoms with Gasteiger partial charge >= 0.3 is 0 Å². The maximum Gasteiger partial charge on any atom is 0.264 e. The molecule has 3 aromatic carbocycles. The van der Waals surface area contributed by atoms with Crippen LogP contribution in [0.5, 0.6) is 0 Å². The average Bonchev–Trinajstić information content (AvgIpc) is 2.73. The molecular weight excluding hydrogens is 422 g/mol. The zero-order valence-electron chi connectivity index (χ0n) is 16.2. The van der Waals surface area contributed by atoms with E-state index in [1.165, 1.54) is 18.3 Å². The van der Waals surface area contributed by atoms with Gasteiger partial charge in [-0.2, -0.15) is 5.10 Å². The predicted octanol–water partition coefficient (Wildman–Crippen LogP) is 3.99. The van der Waals surface area contributed by atoms with E-state index >= 15 is 0 Å². The van der Waals surface area contributed by atoms with Crippen LogP contribution >= 0.6 is 11.6 Å². The lowest BCUT2D eigenvalue weighted by molar-refractivity contribution is -0.119. The molecule has 0 aliphatic rings. The number of amides is 1. The van der Waals surface area contributed by atoms with E-state index < -0.39 is 22.5 Å². The van der Waals surface area contributed by atoms with E-state index in [-0.39, 0.29) is 4.90 Å². The molecule has 0 saturated carbocycles. The van der Waals surface area contributed by atoms with Crippen molar-refractivity contribution in [1.29, 1.82) is 0 Å². The molecule has 0 radical (unpaired) electrons. The average molecular weight is 442 g/mol. The highest BCUT2D eigenvalue weighted by molar-refractivity contribution is 7.92. The Hall–Kier alpha value is -3.16. The molecule has 154 valence electrons. The first kappa shape index (κ1) is 21.5. The molecule has 0 aromatic heterocycles. The van der Waals surface area contributed by atoms with Gasteiger partial charge in [0.1, 0.15) is 6.54 Å². The number of sulfonamides is 1. The van der Waals surface area contributed by atoms with Crippen LogP contribution in [0.4, 0.5) is 5.69 Å². The number of hydrogen-bond donors (Lipinski definition) is 1. The number of halogens is 1. The molecule has 0 saturated heterocycles. The van der Waals surface area contributed by atoms with E-state index in [9.17, 15) is 13.2 Å². The van der Waals surface area contributed by atoms with Crippen molar-refractivity contribution in [2.45, 2.75) is 11.8 Å². The van der Waals surface area contributed by atoms with Crippen molar-refractivity contribution < 1.29 is 13.2 Å². The van der Waals surface area contributed by atoms with Crippen LogP contribution in [-0.2, 0) is 14.8 Å². The Bertz CT molecular complexity index is 1150. The van der Waals surface area contributed by atoms with Crippen molar-refractivity contribution in [2.24, 2.45) is 5.10 Å². The molecule has 0 heterocycles. The van der Waals surface area contributed by atoms with E-state index in [4.69, 9.17) is 11.6 Å². The summed E-state index contributed by atoms with van der Waals surface area (Å²) in [5.41, 5.74) is 4.44. The third kappa shape index (κ3) is 5.46. The number of rotatable bonds is 7. The first-order chi connectivity index (χ1) is 14.4. The van der Waals surface area contributed by atoms with Gasteiger partial charge in [-0.15, -0.1) is 0 Å². The fourth-order valence-electron chi connectivity index (χ4n) is 2.68. The van der Waals surface area contributed by atoms with E-state index in [0.717, 1.165) is 9.87 Å². The van der Waals surface area contributed by atoms with Gasteiger partial charge in [-0.05, 0) is 48.9 Å². The minimum atomic E-state index is -3.94. The minimum Gasteiger partial charge on any atom is -0.271 e. The molecule has 3 aromatic rings. The largest absolute Gasteiger partial charge is 0.271 e. The molecule has 6 nitrogen and oxygen atoms in total. The summed E-state index contributed by atoms with van der Waals surface area (Å²) >= 11 is 5.92. The summed E-state index contributed by atoms with van der Waals surface area (Å²) in [6.07, 6.45) is 1.44. The Morgan fingerprint density at radius 1 is 1.03 bits per heavy atom. The summed E-state index contributed by atoms with van der Waals surface area (Å²) in [7, 11) is -3.94. The number of carbonyl (C=O) groups is 1. The third-order valence-corrected chi connectivity index (χ3v) is 6.22. The highest BCUT2D eigenvalue weighted by Crippen LogP contribution is 2.23. The summed E-state index contributed by atoms with van der Waals surface area (Å²) in [5.74, 6) is -0.576. The normalized spacial score (nSPS) is 11.4. The third-order valence-electron chi connectivity index (χ3n) is 4.19. The van der Waals surface area contributed by atoms with Crippen LogP contribution < -0.4 is 9.73 Å². The van der Waals surface area contributed by atoms with Crippen LogP contribution in [0.3, 0.4) is 0 Å². The molecule has 3 rings (SSSR count). The van der Waals surface area contributed by atoms with Gasteiger partial charge in [0.25, 0.3) is 15.9 Å². The second-order valence-corrected chi connectivity index (χ2v) is 8.81. The molecule has 30 heavy (non-hydrogen) atoms. The summed E-state index contributed by atoms with van der Waals surface area (Å²) in [6, 6.07) is 21.8. The summed E-state index contributed by atoms with van der Waals surface area (Å²) in [5, 5.41) is 4.44. The molecule has 0 bridgehead atoms. The Morgan fingerprint density at radius 3 is 2.40 bits per heavy atom. The molecule has 8 heteroatoms. The van der Waals surface area contributed by atoms with Gasteiger partial charge in [-0.25, -0.2) is 13.8 Å². The molecule has 0 aliphatic carbocycles. The van der Waals surface area contributed by atoms with Crippen LogP contribution in [0.15, 0.2) is 88.9 Å². The van der Waals surface area contributed by atoms with Crippen molar-refractivity contribution in [3.05, 3.63) is 95.0 Å². The van der Waals surface area contributed by atoms with Gasteiger partial charge in [-0.1, -0.05) is 59.6 Å². The fraction of sp³-hybridized carbons (Fsp3) is 0.0909. The minimum absolute atomic E-state index is 0.0980. The standard InChI is InChI=1S/C22H20ClN3O3S/c1-17-10-12-20(13-11-17)26(30(28,29)21-8-3-2-4-9-21)16-22(27)25-24-15-18-6-5-7-19(23)14-18/h2-15H,16H2,1H3,(H,25,27). The Labute approximate surface area is 180 Å². The number of benzene rings is 3. The number of hydrogen-bond acceptors (Lipinski definition) is 4. The summed E-state index contributed by atoms with van der Waals surface area (Å²) in [6.45, 7) is 1.48. The van der Waals surface area contributed by atoms with Crippen LogP contribution in [-0.4, -0.2) is 27.1 Å². The van der Waals surface area contributed by atoms with Crippen molar-refractivity contribution in [1.82, 2.24) is 5.43 Å². The lowest BCUT2D eigenvalue weighted by Crippen LogP contribution is -2.39. The molecule has 1 amide bonds. The second-order valence-electron chi connectivity index (χ2n) is 6.51. The Balaban J connectivity index is 1.82. The van der Waals surface area contributed by atoms with Gasteiger partial charge in [0.2, 0.25) is 0 Å². The van der Waals surface area contributed by atoms with Gasteiger partial charge in [0.15, 0.2) is 0 Å². The SMILES string of the molecule is Cc1ccc(N(CC(=O)NN=Cc2cccc(Cl)c2)S(=O)(=O)c2ccccc2)cc1. The maximum absolute atomic E-state index is 13.2. The quantitative estimate of drug-likeness (QED) is 0.444. The van der Waals surface area contributed by atoms with Gasteiger partial charge in [0.05, 0.1) is 16.8 Å². The van der Waals surface area contributed by atoms with Crippen molar-refractivity contribution in [3.63, 3.8) is 0 Å². The van der Waals surface area contributed by atoms with Gasteiger partial charge < -0.3 is 0 Å². The summed E-state index contributed by atoms with van der Waals surface area (Å²) < 4.78 is 27.4. The topological polar surface area (TPSA) is 78.8 Å². The molecule has 0 spiro atoms. The van der Waals surface area contributed by atoms with E-state index in [1.54, 1.807) is 66.7 Å². The smallest absolute Gasteiger partial charge is 0.264 e. The fourth-order valence-corrected chi connectivity index (χ4v) is 4.32. The van der Waals surface area contributed by atoms with E-state index in [2.05, 4.69) is 10.5 Å². The monoisotopic (exact) mass is 441 g/mol. The van der Waals surface area contributed by atoms with Crippen molar-refractivity contribution in [2.75, 3.05) is 10.8 Å². The molecule has 0 fully saturated rings. The first-order valence-electron chi connectivity index (χ1n) is 9.08. The molecule has 1 N–H and O–H groups in total. The maximum atomic E-state index is 13.2. The van der Waals surface area contributed by atoms with Crippen LogP contribution in [0.25, 0.3) is 0 Å². The van der Waals surface area contributed by atoms with E-state index in [0.29, 0.717) is 16.3 Å². The highest BCUT2D eigenvalue weighted by Gasteiger charge is 2.26. The predicted molar refractivity (Wildman–Crippen MR) is 119 cm³/mol. The number of carbonyl (C=O) groups excluding carboxylic acids is 1. The molecule has 0 atom stereocenters. The highest BCUT2D eigenvalue weighted by atomic mass is 35.5. The lowest BCUT2D eigenvalue weighted by atomic mass is 10.2. The second kappa shape index (κ2) is 9.56. The van der Waals surface area contributed by atoms with Gasteiger partial charge in [-0.3, -0.25) is 9.10 Å². The molecular formula is C22H20ClN3O3S. The number of nitrogens with zero attached hydrogens (tertiary/aromatic N) is 2. The van der Waals surface area contributed by atoms with Crippen LogP contribution in [0, 0.1) is 6.92 Å². The Morgan fingerprint density at radius 2 is 1.73 bits per heavy atom. The molecule has 0 unspecified atom stereocenters. The van der Waals surface area contributed by atoms with Gasteiger partial charge in [0, 0.05) is 5.02 Å². The first-order valence-corrected chi connectivity index (χ1v) is 10.9. The van der Waals surface area contributed by atoms with Crippen LogP contribution in [0.1, 0.15) is 11.1 Å². The number of nitrogens with one attached hydrogen (secondary N) is 1. The number of hydrazone groups is 1. The Kier molecular flexibility index (Phi) is 6.87. The summed E-state index contributed by atoms with van der Waals surface area (Å²) in [4.78, 5) is 12.6. The van der Waals surface area contributed by atoms with Crippen molar-refractivity contribution in [3.8, 4) is 0 Å². The lowest BCUT2D eigenvalue weighted by Gasteiger charge is -2.23. The van der Waals surface area contributed by atoms with Crippen LogP contribution in [0.2, 0.25) is 5.02 Å². The number of anilines is 1. The van der Waals surface area contributed by atoms with E-state index in [1.807, 2.05) is 6.92 Å². The zero-order chi connectivity index (χ0) is 21.6. The number of aryl methyl sites for hydroxylation is 1. The molecule has 0 aliphatic heterocycles. The zero-order valence-corrected chi connectivity index (χ0v) is 17.8.